The molecule has 0 aromatic carbocycles. The van der Waals surface area contributed by atoms with Gasteiger partial charge in [-0.1, -0.05) is 48.0 Å². The summed E-state index contributed by atoms with van der Waals surface area (Å²) in [5.41, 5.74) is 6.00. The van der Waals surface area contributed by atoms with Crippen molar-refractivity contribution in [2.45, 2.75) is 85.0 Å². The van der Waals surface area contributed by atoms with Crippen molar-refractivity contribution in [2.24, 2.45) is 23.5 Å². The highest BCUT2D eigenvalue weighted by molar-refractivity contribution is 5.94. The van der Waals surface area contributed by atoms with E-state index in [2.05, 4.69) is 10.6 Å². The summed E-state index contributed by atoms with van der Waals surface area (Å²) >= 11 is 0. The van der Waals surface area contributed by atoms with Gasteiger partial charge in [0.1, 0.15) is 18.1 Å². The van der Waals surface area contributed by atoms with E-state index in [1.807, 2.05) is 27.7 Å². The molecular formula is C21H38N4O5. The molecule has 30 heavy (non-hydrogen) atoms. The fraction of sp³-hybridized carbons (Fsp3) is 0.810. The van der Waals surface area contributed by atoms with Crippen LogP contribution in [0, 0.1) is 17.8 Å². The number of hydrogen-bond acceptors (Lipinski definition) is 5. The molecule has 0 spiro atoms. The maximum absolute atomic E-state index is 13.2. The predicted molar refractivity (Wildman–Crippen MR) is 113 cm³/mol. The van der Waals surface area contributed by atoms with Crippen molar-refractivity contribution >= 4 is 23.7 Å². The number of aliphatic carboxylic acids is 1. The number of nitrogens with two attached hydrogens (primary N) is 1. The van der Waals surface area contributed by atoms with E-state index in [1.54, 1.807) is 13.8 Å². The number of nitrogens with one attached hydrogen (secondary N) is 2. The summed E-state index contributed by atoms with van der Waals surface area (Å²) in [5.74, 6) is -2.83. The van der Waals surface area contributed by atoms with Gasteiger partial charge >= 0.3 is 5.97 Å². The monoisotopic (exact) mass is 426 g/mol. The second-order valence-electron chi connectivity index (χ2n) is 8.90. The fourth-order valence-electron chi connectivity index (χ4n) is 3.52. The number of carbonyl (C=O) groups is 4. The number of hydrogen-bond donors (Lipinski definition) is 4. The summed E-state index contributed by atoms with van der Waals surface area (Å²) in [6, 6.07) is -3.30. The van der Waals surface area contributed by atoms with E-state index in [0.29, 0.717) is 19.4 Å². The molecule has 1 rings (SSSR count). The van der Waals surface area contributed by atoms with E-state index in [0.717, 1.165) is 6.42 Å². The Morgan fingerprint density at radius 3 is 2.07 bits per heavy atom. The lowest BCUT2D eigenvalue weighted by Crippen LogP contribution is -2.59. The largest absolute Gasteiger partial charge is 0.480 e. The highest BCUT2D eigenvalue weighted by Gasteiger charge is 2.40. The Labute approximate surface area is 179 Å². The molecule has 0 saturated carbocycles. The zero-order chi connectivity index (χ0) is 23.2. The average molecular weight is 427 g/mol. The third-order valence-electron chi connectivity index (χ3n) is 5.86. The van der Waals surface area contributed by atoms with Crippen LogP contribution in [0.1, 0.15) is 60.8 Å². The van der Waals surface area contributed by atoms with Gasteiger partial charge in [-0.2, -0.15) is 0 Å². The molecule has 0 aromatic heterocycles. The van der Waals surface area contributed by atoms with E-state index >= 15 is 0 Å². The number of carboxylic acid groups (broad SMARTS) is 1. The van der Waals surface area contributed by atoms with Gasteiger partial charge in [0.25, 0.3) is 0 Å². The molecule has 1 aliphatic heterocycles. The lowest BCUT2D eigenvalue weighted by Gasteiger charge is -2.32. The Morgan fingerprint density at radius 2 is 1.60 bits per heavy atom. The second kappa shape index (κ2) is 11.3. The van der Waals surface area contributed by atoms with Crippen LogP contribution in [0.3, 0.4) is 0 Å². The van der Waals surface area contributed by atoms with Crippen molar-refractivity contribution in [3.63, 3.8) is 0 Å². The highest BCUT2D eigenvalue weighted by atomic mass is 16.4. The van der Waals surface area contributed by atoms with Crippen molar-refractivity contribution in [1.82, 2.24) is 15.5 Å². The van der Waals surface area contributed by atoms with Crippen LogP contribution in [-0.2, 0) is 19.2 Å². The number of likely N-dealkylation sites (tertiary alicyclic amines) is 1. The topological polar surface area (TPSA) is 142 Å². The molecule has 3 amide bonds. The Kier molecular flexibility index (Phi) is 9.74. The SMILES string of the molecule is CCC(C)C(N)C(=O)NC(C(=O)N1CCCC1C(=O)NC(C(=O)O)C(C)C)C(C)C. The van der Waals surface area contributed by atoms with Crippen LogP contribution in [0.4, 0.5) is 0 Å². The number of carboxylic acids is 1. The summed E-state index contributed by atoms with van der Waals surface area (Å²) in [6.45, 7) is 11.3. The number of nitrogens with zero attached hydrogens (tertiary/aromatic N) is 1. The minimum absolute atomic E-state index is 0.0257. The van der Waals surface area contributed by atoms with E-state index < -0.39 is 36.0 Å². The molecule has 9 heteroatoms. The normalized spacial score (nSPS) is 20.6. The zero-order valence-corrected chi connectivity index (χ0v) is 19.0. The molecule has 0 aliphatic carbocycles. The van der Waals surface area contributed by atoms with Crippen molar-refractivity contribution < 1.29 is 24.3 Å². The maximum Gasteiger partial charge on any atom is 0.326 e. The van der Waals surface area contributed by atoms with Gasteiger partial charge in [-0.15, -0.1) is 0 Å². The molecule has 5 atom stereocenters. The minimum atomic E-state index is -1.11. The molecular weight excluding hydrogens is 388 g/mol. The third-order valence-corrected chi connectivity index (χ3v) is 5.86. The molecule has 5 unspecified atom stereocenters. The van der Waals surface area contributed by atoms with Crippen LogP contribution in [-0.4, -0.2) is 64.4 Å². The standard InChI is InChI=1S/C21H38N4O5/c1-7-13(6)15(22)19(27)23-16(11(2)3)20(28)25-10-8-9-14(25)18(26)24-17(12(4)5)21(29)30/h11-17H,7-10,22H2,1-6H3,(H,23,27)(H,24,26)(H,29,30). The van der Waals surface area contributed by atoms with Gasteiger partial charge in [0.15, 0.2) is 0 Å². The number of rotatable bonds is 10. The lowest BCUT2D eigenvalue weighted by atomic mass is 9.97. The molecule has 0 aromatic rings. The molecule has 0 bridgehead atoms. The lowest BCUT2D eigenvalue weighted by molar-refractivity contribution is -0.146. The highest BCUT2D eigenvalue weighted by Crippen LogP contribution is 2.21. The Balaban J connectivity index is 2.94. The van der Waals surface area contributed by atoms with Gasteiger partial charge in [0.2, 0.25) is 17.7 Å². The van der Waals surface area contributed by atoms with E-state index in [1.165, 1.54) is 4.90 Å². The zero-order valence-electron chi connectivity index (χ0n) is 19.0. The first-order chi connectivity index (χ1) is 13.9. The molecule has 5 N–H and O–H groups in total. The van der Waals surface area contributed by atoms with Crippen LogP contribution < -0.4 is 16.4 Å². The first kappa shape index (κ1) is 25.9. The van der Waals surface area contributed by atoms with Gasteiger partial charge in [-0.25, -0.2) is 4.79 Å². The Bertz CT molecular complexity index is 637. The molecule has 9 nitrogen and oxygen atoms in total. The van der Waals surface area contributed by atoms with E-state index in [-0.39, 0.29) is 29.6 Å². The Morgan fingerprint density at radius 1 is 1.03 bits per heavy atom. The summed E-state index contributed by atoms with van der Waals surface area (Å²) in [5, 5.41) is 14.6. The van der Waals surface area contributed by atoms with Gasteiger partial charge in [-0.3, -0.25) is 14.4 Å². The molecule has 1 aliphatic rings. The average Bonchev–Trinajstić information content (AvgIpc) is 3.17. The van der Waals surface area contributed by atoms with Crippen molar-refractivity contribution in [2.75, 3.05) is 6.54 Å². The summed E-state index contributed by atoms with van der Waals surface area (Å²) in [4.78, 5) is 51.4. The summed E-state index contributed by atoms with van der Waals surface area (Å²) in [7, 11) is 0. The van der Waals surface area contributed by atoms with Gasteiger partial charge in [0, 0.05) is 6.54 Å². The quantitative estimate of drug-likeness (QED) is 0.405. The second-order valence-corrected chi connectivity index (χ2v) is 8.90. The number of amides is 3. The number of carbonyl (C=O) groups excluding carboxylic acids is 3. The van der Waals surface area contributed by atoms with Gasteiger partial charge in [-0.05, 0) is 30.6 Å². The summed E-state index contributed by atoms with van der Waals surface area (Å²) in [6.07, 6.45) is 1.82. The predicted octanol–water partition coefficient (Wildman–Crippen LogP) is 0.717. The van der Waals surface area contributed by atoms with Crippen LogP contribution in [0.15, 0.2) is 0 Å². The minimum Gasteiger partial charge on any atom is -0.480 e. The van der Waals surface area contributed by atoms with Crippen LogP contribution in [0.5, 0.6) is 0 Å². The Hall–Kier alpha value is -2.16. The maximum atomic E-state index is 13.2. The van der Waals surface area contributed by atoms with Crippen LogP contribution in [0.25, 0.3) is 0 Å². The first-order valence-corrected chi connectivity index (χ1v) is 10.8. The molecule has 1 fully saturated rings. The van der Waals surface area contributed by atoms with Crippen LogP contribution in [0.2, 0.25) is 0 Å². The van der Waals surface area contributed by atoms with E-state index in [9.17, 15) is 24.3 Å². The van der Waals surface area contributed by atoms with Crippen molar-refractivity contribution in [1.29, 1.82) is 0 Å². The van der Waals surface area contributed by atoms with Gasteiger partial charge < -0.3 is 26.4 Å². The first-order valence-electron chi connectivity index (χ1n) is 10.8. The molecule has 1 heterocycles. The van der Waals surface area contributed by atoms with Gasteiger partial charge in [0.05, 0.1) is 6.04 Å². The van der Waals surface area contributed by atoms with Crippen LogP contribution >= 0.6 is 0 Å². The van der Waals surface area contributed by atoms with Crippen molar-refractivity contribution in [3.8, 4) is 0 Å². The smallest absolute Gasteiger partial charge is 0.326 e. The fourth-order valence-corrected chi connectivity index (χ4v) is 3.52. The van der Waals surface area contributed by atoms with Crippen molar-refractivity contribution in [3.05, 3.63) is 0 Å². The van der Waals surface area contributed by atoms with E-state index in [4.69, 9.17) is 5.73 Å². The molecule has 172 valence electrons. The molecule has 0 radical (unpaired) electrons. The molecule has 1 saturated heterocycles. The summed E-state index contributed by atoms with van der Waals surface area (Å²) < 4.78 is 0. The third kappa shape index (κ3) is 6.42.